The molecule has 0 aliphatic rings. The molecule has 0 atom stereocenters. The largest absolute Gasteiger partial charge is 0.464 e. The Labute approximate surface area is 207 Å². The second kappa shape index (κ2) is 10.2. The predicted octanol–water partition coefficient (Wildman–Crippen LogP) is 4.97. The molecule has 0 unspecified atom stereocenters. The normalized spacial score (nSPS) is 12.0. The number of rotatable bonds is 4. The number of nitrogens with zero attached hydrogens (tertiary/aromatic N) is 3. The van der Waals surface area contributed by atoms with Crippen LogP contribution in [0.15, 0.2) is 35.4 Å². The third kappa shape index (κ3) is 7.37. The van der Waals surface area contributed by atoms with E-state index in [9.17, 15) is 23.1 Å². The van der Waals surface area contributed by atoms with E-state index >= 15 is 0 Å². The van der Waals surface area contributed by atoms with Crippen molar-refractivity contribution in [3.63, 3.8) is 0 Å². The van der Waals surface area contributed by atoms with Crippen LogP contribution < -0.4 is 4.90 Å². The number of carbonyl (C=O) groups is 2. The van der Waals surface area contributed by atoms with E-state index in [-0.39, 0.29) is 16.4 Å². The third-order valence-corrected chi connectivity index (χ3v) is 7.43. The van der Waals surface area contributed by atoms with E-state index in [4.69, 9.17) is 4.74 Å². The molecule has 2 amide bonds. The third-order valence-electron chi connectivity index (χ3n) is 4.39. The molecular weight excluding hydrogens is 486 g/mol. The molecular formula is C24H31N3O6SSi. The van der Waals surface area contributed by atoms with Crippen molar-refractivity contribution < 1.29 is 27.9 Å². The summed E-state index contributed by atoms with van der Waals surface area (Å²) in [5.74, 6) is 2.63. The SMILES string of the molecule is CC(C)S(=O)(=O)c1ccc(-c2cnc(N(C(=O)O)C(=O)OC(C)(C)C)c(C#C[Si](C)(C)C)n2)cc1. The Kier molecular flexibility index (Phi) is 8.14. The summed E-state index contributed by atoms with van der Waals surface area (Å²) >= 11 is 0. The van der Waals surface area contributed by atoms with Gasteiger partial charge in [0.25, 0.3) is 0 Å². The molecule has 0 aliphatic heterocycles. The Balaban J connectivity index is 2.64. The Morgan fingerprint density at radius 3 is 2.14 bits per heavy atom. The number of benzene rings is 1. The van der Waals surface area contributed by atoms with Gasteiger partial charge in [-0.15, -0.1) is 5.54 Å². The zero-order chi connectivity index (χ0) is 26.8. The molecule has 2 aromatic rings. The average Bonchev–Trinajstić information content (AvgIpc) is 2.70. The van der Waals surface area contributed by atoms with Crippen LogP contribution in [0.5, 0.6) is 0 Å². The van der Waals surface area contributed by atoms with Gasteiger partial charge in [0.15, 0.2) is 21.3 Å². The first-order chi connectivity index (χ1) is 15.9. The lowest BCUT2D eigenvalue weighted by Gasteiger charge is -2.24. The standard InChI is InChI=1S/C24H31N3O6SSi/c1-16(2)34(31,32)18-11-9-17(10-12-18)20-15-25-21(19(26-20)13-14-35(6,7)8)27(22(28)29)23(30)33-24(3,4)5/h9-12,15-16H,1-8H3,(H,28,29). The molecule has 0 saturated heterocycles. The number of aromatic nitrogens is 2. The van der Waals surface area contributed by atoms with Crippen LogP contribution in [0.3, 0.4) is 0 Å². The van der Waals surface area contributed by atoms with Gasteiger partial charge in [-0.05, 0) is 46.8 Å². The van der Waals surface area contributed by atoms with Gasteiger partial charge < -0.3 is 9.84 Å². The number of hydrogen-bond donors (Lipinski definition) is 1. The molecule has 1 aromatic heterocycles. The minimum atomic E-state index is -3.44. The predicted molar refractivity (Wildman–Crippen MR) is 137 cm³/mol. The molecule has 188 valence electrons. The minimum Gasteiger partial charge on any atom is -0.464 e. The summed E-state index contributed by atoms with van der Waals surface area (Å²) < 4.78 is 30.1. The molecule has 9 nitrogen and oxygen atoms in total. The molecule has 0 aliphatic carbocycles. The van der Waals surface area contributed by atoms with Crippen LogP contribution in [0.4, 0.5) is 15.4 Å². The maximum absolute atomic E-state index is 12.7. The van der Waals surface area contributed by atoms with E-state index < -0.39 is 40.9 Å². The molecule has 0 saturated carbocycles. The van der Waals surface area contributed by atoms with Gasteiger partial charge in [-0.3, -0.25) is 0 Å². The van der Waals surface area contributed by atoms with Crippen molar-refractivity contribution in [2.24, 2.45) is 0 Å². The zero-order valence-corrected chi connectivity index (χ0v) is 23.0. The van der Waals surface area contributed by atoms with Crippen LogP contribution in [0, 0.1) is 11.5 Å². The fourth-order valence-corrected chi connectivity index (χ4v) is 4.22. The summed E-state index contributed by atoms with van der Waals surface area (Å²) in [6.45, 7) is 14.1. The van der Waals surface area contributed by atoms with Crippen LogP contribution in [0.2, 0.25) is 19.6 Å². The monoisotopic (exact) mass is 517 g/mol. The summed E-state index contributed by atoms with van der Waals surface area (Å²) in [5, 5.41) is 9.18. The lowest BCUT2D eigenvalue weighted by atomic mass is 10.1. The van der Waals surface area contributed by atoms with Crippen molar-refractivity contribution in [1.82, 2.24) is 9.97 Å². The summed E-state index contributed by atoms with van der Waals surface area (Å²) in [6, 6.07) is 6.16. The summed E-state index contributed by atoms with van der Waals surface area (Å²) in [4.78, 5) is 33.9. The molecule has 0 spiro atoms. The van der Waals surface area contributed by atoms with Gasteiger partial charge >= 0.3 is 12.2 Å². The van der Waals surface area contributed by atoms with Crippen molar-refractivity contribution >= 4 is 35.9 Å². The lowest BCUT2D eigenvalue weighted by molar-refractivity contribution is 0.0580. The average molecular weight is 518 g/mol. The molecule has 2 rings (SSSR count). The number of imide groups is 1. The second-order valence-electron chi connectivity index (χ2n) is 10.1. The summed E-state index contributed by atoms with van der Waals surface area (Å²) in [7, 11) is -5.34. The van der Waals surface area contributed by atoms with Crippen LogP contribution in [0.25, 0.3) is 11.3 Å². The molecule has 1 heterocycles. The summed E-state index contributed by atoms with van der Waals surface area (Å²) in [5.41, 5.74) is 3.08. The molecule has 0 radical (unpaired) electrons. The van der Waals surface area contributed by atoms with E-state index in [1.165, 1.54) is 18.3 Å². The maximum atomic E-state index is 12.7. The van der Waals surface area contributed by atoms with Crippen molar-refractivity contribution in [2.45, 2.75) is 70.0 Å². The van der Waals surface area contributed by atoms with Gasteiger partial charge in [0.2, 0.25) is 0 Å². The highest BCUT2D eigenvalue weighted by molar-refractivity contribution is 7.92. The fraction of sp³-hybridized carbons (Fsp3) is 0.417. The summed E-state index contributed by atoms with van der Waals surface area (Å²) in [6.07, 6.45) is -1.40. The zero-order valence-electron chi connectivity index (χ0n) is 21.2. The van der Waals surface area contributed by atoms with E-state index in [0.29, 0.717) is 16.2 Å². The Morgan fingerprint density at radius 2 is 1.69 bits per heavy atom. The molecule has 1 aromatic carbocycles. The van der Waals surface area contributed by atoms with Crippen molar-refractivity contribution in [3.05, 3.63) is 36.2 Å². The van der Waals surface area contributed by atoms with Crippen molar-refractivity contribution in [3.8, 4) is 22.7 Å². The van der Waals surface area contributed by atoms with Crippen LogP contribution in [0.1, 0.15) is 40.3 Å². The van der Waals surface area contributed by atoms with E-state index in [2.05, 4.69) is 21.4 Å². The number of carboxylic acid groups (broad SMARTS) is 1. The highest BCUT2D eigenvalue weighted by Crippen LogP contribution is 2.25. The maximum Gasteiger partial charge on any atom is 0.425 e. The topological polar surface area (TPSA) is 127 Å². The quantitative estimate of drug-likeness (QED) is 0.445. The van der Waals surface area contributed by atoms with E-state index in [0.717, 1.165) is 0 Å². The number of amides is 2. The minimum absolute atomic E-state index is 0.00272. The smallest absolute Gasteiger partial charge is 0.425 e. The number of anilines is 1. The first kappa shape index (κ1) is 28.0. The van der Waals surface area contributed by atoms with Crippen LogP contribution in [-0.4, -0.2) is 54.6 Å². The molecule has 11 heteroatoms. The van der Waals surface area contributed by atoms with Gasteiger partial charge in [-0.1, -0.05) is 37.7 Å². The Hall–Kier alpha value is -3.23. The van der Waals surface area contributed by atoms with Gasteiger partial charge in [0.1, 0.15) is 13.7 Å². The van der Waals surface area contributed by atoms with Gasteiger partial charge in [0.05, 0.1) is 22.0 Å². The van der Waals surface area contributed by atoms with Gasteiger partial charge in [-0.2, -0.15) is 4.90 Å². The Bertz CT molecular complexity index is 1280. The van der Waals surface area contributed by atoms with Crippen LogP contribution >= 0.6 is 0 Å². The molecule has 1 N–H and O–H groups in total. The molecule has 0 fully saturated rings. The van der Waals surface area contributed by atoms with Crippen LogP contribution in [-0.2, 0) is 14.6 Å². The first-order valence-electron chi connectivity index (χ1n) is 10.9. The highest BCUT2D eigenvalue weighted by Gasteiger charge is 2.32. The van der Waals surface area contributed by atoms with Crippen molar-refractivity contribution in [1.29, 1.82) is 0 Å². The Morgan fingerprint density at radius 1 is 1.11 bits per heavy atom. The number of ether oxygens (including phenoxy) is 1. The first-order valence-corrected chi connectivity index (χ1v) is 16.0. The number of carbonyl (C=O) groups excluding carboxylic acids is 1. The van der Waals surface area contributed by atoms with Gasteiger partial charge in [0, 0.05) is 5.56 Å². The second-order valence-corrected chi connectivity index (χ2v) is 17.4. The molecule has 0 bridgehead atoms. The number of hydrogen-bond acceptors (Lipinski definition) is 7. The number of sulfone groups is 1. The van der Waals surface area contributed by atoms with E-state index in [1.54, 1.807) is 46.8 Å². The van der Waals surface area contributed by atoms with E-state index in [1.807, 2.05) is 19.6 Å². The lowest BCUT2D eigenvalue weighted by Crippen LogP contribution is -2.41. The highest BCUT2D eigenvalue weighted by atomic mass is 32.2. The fourth-order valence-electron chi connectivity index (χ4n) is 2.67. The van der Waals surface area contributed by atoms with Gasteiger partial charge in [-0.25, -0.2) is 28.0 Å². The van der Waals surface area contributed by atoms with Crippen molar-refractivity contribution in [2.75, 3.05) is 4.90 Å². The molecule has 35 heavy (non-hydrogen) atoms.